The number of phenols is 1. The predicted molar refractivity (Wildman–Crippen MR) is 111 cm³/mol. The van der Waals surface area contributed by atoms with Crippen LogP contribution in [0.3, 0.4) is 0 Å². The molecule has 7 heteroatoms. The summed E-state index contributed by atoms with van der Waals surface area (Å²) in [5.74, 6) is 2.09. The molecule has 1 N–H and O–H groups in total. The average molecular weight is 408 g/mol. The van der Waals surface area contributed by atoms with Crippen LogP contribution in [-0.2, 0) is 6.61 Å². The standard InChI is InChI=1S/C23H20O7/c1-23(2)6-5-11-14(30-23)9-17-20(21(11)24)22(25)19-12-7-15(26-3)16(27-4)8-13(12)28-10-18(19)29-17/h5-9,24H,10H2,1-4H3. The Labute approximate surface area is 172 Å². The van der Waals surface area contributed by atoms with Crippen LogP contribution in [0.4, 0.5) is 0 Å². The molecule has 0 saturated carbocycles. The van der Waals surface area contributed by atoms with E-state index in [0.717, 1.165) is 0 Å². The maximum absolute atomic E-state index is 13.5. The molecule has 2 aliphatic heterocycles. The van der Waals surface area contributed by atoms with Gasteiger partial charge in [0.25, 0.3) is 0 Å². The molecular weight excluding hydrogens is 388 g/mol. The zero-order valence-electron chi connectivity index (χ0n) is 17.0. The fourth-order valence-corrected chi connectivity index (χ4v) is 3.91. The third-order valence-corrected chi connectivity index (χ3v) is 5.37. The molecule has 2 aromatic carbocycles. The third kappa shape index (κ3) is 2.55. The number of benzene rings is 2. The largest absolute Gasteiger partial charge is 0.506 e. The van der Waals surface area contributed by atoms with E-state index in [-0.39, 0.29) is 28.8 Å². The highest BCUT2D eigenvalue weighted by Gasteiger charge is 2.30. The highest BCUT2D eigenvalue weighted by molar-refractivity contribution is 5.94. The average Bonchev–Trinajstić information content (AvgIpc) is 2.71. The highest BCUT2D eigenvalue weighted by Crippen LogP contribution is 2.46. The first-order valence-corrected chi connectivity index (χ1v) is 9.46. The fraction of sp³-hybridized carbons (Fsp3) is 0.261. The first kappa shape index (κ1) is 18.4. The molecule has 7 nitrogen and oxygen atoms in total. The minimum atomic E-state index is -0.528. The van der Waals surface area contributed by atoms with E-state index in [9.17, 15) is 9.90 Å². The van der Waals surface area contributed by atoms with Crippen LogP contribution in [-0.4, -0.2) is 24.9 Å². The van der Waals surface area contributed by atoms with Crippen molar-refractivity contribution in [3.63, 3.8) is 0 Å². The van der Waals surface area contributed by atoms with Crippen LogP contribution in [0.1, 0.15) is 25.2 Å². The van der Waals surface area contributed by atoms with Gasteiger partial charge in [-0.05, 0) is 32.1 Å². The summed E-state index contributed by atoms with van der Waals surface area (Å²) in [6.07, 6.45) is 3.60. The summed E-state index contributed by atoms with van der Waals surface area (Å²) < 4.78 is 28.4. The third-order valence-electron chi connectivity index (χ3n) is 5.37. The molecule has 0 unspecified atom stereocenters. The summed E-state index contributed by atoms with van der Waals surface area (Å²) in [6, 6.07) is 4.99. The SMILES string of the molecule is COc1cc2c(cc1OC)-c1c(oc3cc4c(c(O)c3c1=O)C=CC(C)(C)O4)CO2. The number of hydrogen-bond donors (Lipinski definition) is 1. The molecule has 0 aliphatic carbocycles. The van der Waals surface area contributed by atoms with Crippen molar-refractivity contribution in [2.75, 3.05) is 14.2 Å². The van der Waals surface area contributed by atoms with Gasteiger partial charge in [0.2, 0.25) is 5.43 Å². The van der Waals surface area contributed by atoms with Gasteiger partial charge in [0.15, 0.2) is 17.3 Å². The molecule has 3 heterocycles. The van der Waals surface area contributed by atoms with Crippen LogP contribution in [0.5, 0.6) is 28.7 Å². The van der Waals surface area contributed by atoms with E-state index in [0.29, 0.717) is 45.4 Å². The summed E-state index contributed by atoms with van der Waals surface area (Å²) in [4.78, 5) is 13.5. The Morgan fingerprint density at radius 1 is 1.07 bits per heavy atom. The fourth-order valence-electron chi connectivity index (χ4n) is 3.91. The molecule has 0 fully saturated rings. The van der Waals surface area contributed by atoms with Crippen molar-refractivity contribution >= 4 is 17.0 Å². The quantitative estimate of drug-likeness (QED) is 0.678. The number of fused-ring (bicyclic) bond motifs is 5. The van der Waals surface area contributed by atoms with Gasteiger partial charge < -0.3 is 28.5 Å². The second-order valence-corrected chi connectivity index (χ2v) is 7.77. The summed E-state index contributed by atoms with van der Waals surface area (Å²) in [6.45, 7) is 3.89. The van der Waals surface area contributed by atoms with Crippen LogP contribution >= 0.6 is 0 Å². The molecule has 0 atom stereocenters. The number of phenolic OH excluding ortho intramolecular Hbond substituents is 1. The zero-order valence-corrected chi connectivity index (χ0v) is 17.0. The summed E-state index contributed by atoms with van der Waals surface area (Å²) in [5, 5.41) is 11.0. The van der Waals surface area contributed by atoms with Crippen molar-refractivity contribution in [2.45, 2.75) is 26.1 Å². The van der Waals surface area contributed by atoms with Crippen molar-refractivity contribution in [3.05, 3.63) is 45.8 Å². The van der Waals surface area contributed by atoms with Gasteiger partial charge in [-0.3, -0.25) is 4.79 Å². The summed E-state index contributed by atoms with van der Waals surface area (Å²) in [7, 11) is 3.05. The molecule has 0 spiro atoms. The molecule has 5 rings (SSSR count). The molecule has 0 bridgehead atoms. The lowest BCUT2D eigenvalue weighted by Gasteiger charge is -2.28. The minimum absolute atomic E-state index is 0.0765. The summed E-state index contributed by atoms with van der Waals surface area (Å²) >= 11 is 0. The monoisotopic (exact) mass is 408 g/mol. The maximum atomic E-state index is 13.5. The van der Waals surface area contributed by atoms with E-state index < -0.39 is 5.60 Å². The lowest BCUT2D eigenvalue weighted by atomic mass is 9.96. The van der Waals surface area contributed by atoms with E-state index in [1.165, 1.54) is 14.2 Å². The van der Waals surface area contributed by atoms with Gasteiger partial charge in [-0.1, -0.05) is 0 Å². The van der Waals surface area contributed by atoms with Gasteiger partial charge in [-0.2, -0.15) is 0 Å². The molecule has 3 aromatic rings. The number of rotatable bonds is 2. The molecule has 154 valence electrons. The number of methoxy groups -OCH3 is 2. The minimum Gasteiger partial charge on any atom is -0.506 e. The van der Waals surface area contributed by atoms with Gasteiger partial charge in [-0.15, -0.1) is 0 Å². The Kier molecular flexibility index (Phi) is 3.80. The molecular formula is C23H20O7. The van der Waals surface area contributed by atoms with E-state index in [2.05, 4.69) is 0 Å². The highest BCUT2D eigenvalue weighted by atomic mass is 16.5. The maximum Gasteiger partial charge on any atom is 0.204 e. The van der Waals surface area contributed by atoms with Gasteiger partial charge in [0.1, 0.15) is 40.4 Å². The first-order valence-electron chi connectivity index (χ1n) is 9.46. The Morgan fingerprint density at radius 2 is 1.80 bits per heavy atom. The Morgan fingerprint density at radius 3 is 2.53 bits per heavy atom. The summed E-state index contributed by atoms with van der Waals surface area (Å²) in [5.41, 5.74) is 0.679. The molecule has 1 aromatic heterocycles. The lowest BCUT2D eigenvalue weighted by molar-refractivity contribution is 0.158. The Hall–Kier alpha value is -3.61. The van der Waals surface area contributed by atoms with Gasteiger partial charge in [0.05, 0.1) is 25.3 Å². The lowest BCUT2D eigenvalue weighted by Crippen LogP contribution is -2.27. The van der Waals surface area contributed by atoms with Gasteiger partial charge in [0, 0.05) is 17.7 Å². The van der Waals surface area contributed by atoms with Crippen molar-refractivity contribution in [2.24, 2.45) is 0 Å². The number of ether oxygens (including phenoxy) is 4. The van der Waals surface area contributed by atoms with Gasteiger partial charge >= 0.3 is 0 Å². The smallest absolute Gasteiger partial charge is 0.204 e. The normalized spacial score (nSPS) is 15.5. The predicted octanol–water partition coefficient (Wildman–Crippen LogP) is 4.26. The van der Waals surface area contributed by atoms with Crippen molar-refractivity contribution in [3.8, 4) is 39.9 Å². The van der Waals surface area contributed by atoms with Crippen LogP contribution in [0.25, 0.3) is 28.2 Å². The van der Waals surface area contributed by atoms with E-state index >= 15 is 0 Å². The zero-order chi connectivity index (χ0) is 21.2. The van der Waals surface area contributed by atoms with Crippen LogP contribution in [0.2, 0.25) is 0 Å². The van der Waals surface area contributed by atoms with Crippen LogP contribution in [0.15, 0.2) is 33.5 Å². The van der Waals surface area contributed by atoms with Crippen LogP contribution < -0.4 is 24.4 Å². The topological polar surface area (TPSA) is 87.4 Å². The molecule has 0 amide bonds. The first-order chi connectivity index (χ1) is 14.3. The van der Waals surface area contributed by atoms with E-state index in [1.807, 2.05) is 19.9 Å². The van der Waals surface area contributed by atoms with Crippen LogP contribution in [0, 0.1) is 0 Å². The number of aromatic hydroxyl groups is 1. The Bertz CT molecular complexity index is 1300. The van der Waals surface area contributed by atoms with Crippen molar-refractivity contribution in [1.29, 1.82) is 0 Å². The second kappa shape index (κ2) is 6.19. The van der Waals surface area contributed by atoms with E-state index in [1.54, 1.807) is 24.3 Å². The van der Waals surface area contributed by atoms with Crippen molar-refractivity contribution in [1.82, 2.24) is 0 Å². The number of hydrogen-bond acceptors (Lipinski definition) is 7. The molecule has 0 radical (unpaired) electrons. The molecule has 30 heavy (non-hydrogen) atoms. The molecule has 0 saturated heterocycles. The van der Waals surface area contributed by atoms with Gasteiger partial charge in [-0.25, -0.2) is 0 Å². The van der Waals surface area contributed by atoms with E-state index in [4.69, 9.17) is 23.4 Å². The second-order valence-electron chi connectivity index (χ2n) is 7.77. The Balaban J connectivity index is 1.81. The molecule has 2 aliphatic rings. The van der Waals surface area contributed by atoms with Crippen molar-refractivity contribution < 1.29 is 28.5 Å².